The van der Waals surface area contributed by atoms with Crippen LogP contribution >= 0.6 is 0 Å². The van der Waals surface area contributed by atoms with Crippen molar-refractivity contribution in [1.82, 2.24) is 0 Å². The van der Waals surface area contributed by atoms with E-state index in [0.29, 0.717) is 11.3 Å². The van der Waals surface area contributed by atoms with Crippen LogP contribution in [0, 0.1) is 17.3 Å². The van der Waals surface area contributed by atoms with Gasteiger partial charge in [-0.05, 0) is 24.2 Å². The maximum atomic E-state index is 11.3. The number of esters is 1. The molecule has 0 heterocycles. The molecule has 2 nitrogen and oxygen atoms in total. The molecule has 0 amide bonds. The fraction of sp³-hybridized carbons (Fsp3) is 0.900. The Morgan fingerprint density at radius 1 is 1.50 bits per heavy atom. The van der Waals surface area contributed by atoms with Crippen LogP contribution in [-0.2, 0) is 9.53 Å². The lowest BCUT2D eigenvalue weighted by molar-refractivity contribution is -0.143. The first-order valence-electron chi connectivity index (χ1n) is 4.78. The lowest BCUT2D eigenvalue weighted by atomic mass is 9.90. The van der Waals surface area contributed by atoms with E-state index in [9.17, 15) is 4.79 Å². The van der Waals surface area contributed by atoms with Gasteiger partial charge in [0.1, 0.15) is 0 Å². The zero-order chi connectivity index (χ0) is 8.77. The molecule has 2 aliphatic rings. The lowest BCUT2D eigenvalue weighted by Gasteiger charge is -2.15. The topological polar surface area (TPSA) is 26.3 Å². The zero-order valence-electron chi connectivity index (χ0n) is 7.80. The van der Waals surface area contributed by atoms with E-state index in [2.05, 4.69) is 6.92 Å². The highest BCUT2D eigenvalue weighted by molar-refractivity contribution is 5.77. The van der Waals surface area contributed by atoms with Crippen LogP contribution in [0.15, 0.2) is 0 Å². The first-order chi connectivity index (χ1) is 5.70. The van der Waals surface area contributed by atoms with Crippen LogP contribution in [0.25, 0.3) is 0 Å². The van der Waals surface area contributed by atoms with Gasteiger partial charge in [-0.25, -0.2) is 0 Å². The Bertz CT molecular complexity index is 212. The average molecular weight is 168 g/mol. The van der Waals surface area contributed by atoms with Gasteiger partial charge < -0.3 is 4.74 Å². The summed E-state index contributed by atoms with van der Waals surface area (Å²) in [7, 11) is 1.50. The number of carbonyl (C=O) groups is 1. The fourth-order valence-electron chi connectivity index (χ4n) is 2.93. The van der Waals surface area contributed by atoms with Crippen molar-refractivity contribution in [3.8, 4) is 0 Å². The zero-order valence-corrected chi connectivity index (χ0v) is 7.80. The third kappa shape index (κ3) is 0.900. The Labute approximate surface area is 73.3 Å². The lowest BCUT2D eigenvalue weighted by Crippen LogP contribution is -2.09. The third-order valence-corrected chi connectivity index (χ3v) is 3.79. The van der Waals surface area contributed by atoms with E-state index < -0.39 is 0 Å². The standard InChI is InChI=1S/C10H16O2/c1-10-6-4-3-5-7(10)8(10)9(11)12-2/h7-8H,3-6H2,1-2H3/t7-,8-,10-/m1/s1. The number of fused-ring (bicyclic) bond motifs is 1. The average Bonchev–Trinajstić information content (AvgIpc) is 2.69. The molecule has 3 atom stereocenters. The first kappa shape index (κ1) is 8.09. The molecule has 12 heavy (non-hydrogen) atoms. The highest BCUT2D eigenvalue weighted by Crippen LogP contribution is 2.66. The van der Waals surface area contributed by atoms with Gasteiger partial charge in [0.2, 0.25) is 0 Å². The highest BCUT2D eigenvalue weighted by atomic mass is 16.5. The second kappa shape index (κ2) is 2.48. The number of hydrogen-bond acceptors (Lipinski definition) is 2. The Hall–Kier alpha value is -0.530. The molecule has 2 rings (SSSR count). The van der Waals surface area contributed by atoms with E-state index in [0.717, 1.165) is 0 Å². The summed E-state index contributed by atoms with van der Waals surface area (Å²) in [6.45, 7) is 2.23. The molecule has 68 valence electrons. The quantitative estimate of drug-likeness (QED) is 0.560. The molecule has 0 aromatic heterocycles. The molecule has 0 N–H and O–H groups in total. The smallest absolute Gasteiger partial charge is 0.309 e. The third-order valence-electron chi connectivity index (χ3n) is 3.79. The van der Waals surface area contributed by atoms with E-state index in [4.69, 9.17) is 4.74 Å². The van der Waals surface area contributed by atoms with Crippen LogP contribution in [0.4, 0.5) is 0 Å². The number of rotatable bonds is 1. The molecule has 0 bridgehead atoms. The minimum absolute atomic E-state index is 0.0180. The number of methoxy groups -OCH3 is 1. The maximum absolute atomic E-state index is 11.3. The summed E-state index contributed by atoms with van der Waals surface area (Å²) in [5.74, 6) is 0.882. The van der Waals surface area contributed by atoms with Gasteiger partial charge in [0.25, 0.3) is 0 Å². The van der Waals surface area contributed by atoms with Crippen molar-refractivity contribution in [3.05, 3.63) is 0 Å². The summed E-state index contributed by atoms with van der Waals surface area (Å²) in [4.78, 5) is 11.3. The molecular formula is C10H16O2. The van der Waals surface area contributed by atoms with E-state index in [-0.39, 0.29) is 11.9 Å². The van der Waals surface area contributed by atoms with Crippen molar-refractivity contribution >= 4 is 5.97 Å². The molecule has 2 saturated carbocycles. The van der Waals surface area contributed by atoms with Crippen LogP contribution in [0.2, 0.25) is 0 Å². The molecule has 2 heteroatoms. The van der Waals surface area contributed by atoms with Gasteiger partial charge in [0.05, 0.1) is 13.0 Å². The monoisotopic (exact) mass is 168 g/mol. The van der Waals surface area contributed by atoms with E-state index in [1.807, 2.05) is 0 Å². The molecule has 2 fully saturated rings. The number of hydrogen-bond donors (Lipinski definition) is 0. The minimum atomic E-state index is 0.0180. The van der Waals surface area contributed by atoms with E-state index in [1.165, 1.54) is 32.8 Å². The van der Waals surface area contributed by atoms with E-state index >= 15 is 0 Å². The van der Waals surface area contributed by atoms with Crippen LogP contribution in [0.1, 0.15) is 32.6 Å². The van der Waals surface area contributed by atoms with Gasteiger partial charge in [0.15, 0.2) is 0 Å². The summed E-state index contributed by atoms with van der Waals surface area (Å²) in [5, 5.41) is 0. The summed E-state index contributed by atoms with van der Waals surface area (Å²) in [6.07, 6.45) is 5.04. The van der Waals surface area contributed by atoms with Crippen molar-refractivity contribution in [3.63, 3.8) is 0 Å². The van der Waals surface area contributed by atoms with Gasteiger partial charge in [-0.1, -0.05) is 19.8 Å². The van der Waals surface area contributed by atoms with Crippen LogP contribution in [0.3, 0.4) is 0 Å². The predicted octanol–water partition coefficient (Wildman–Crippen LogP) is 1.99. The Balaban J connectivity index is 2.07. The minimum Gasteiger partial charge on any atom is -0.469 e. The van der Waals surface area contributed by atoms with Crippen molar-refractivity contribution in [1.29, 1.82) is 0 Å². The van der Waals surface area contributed by atoms with Crippen LogP contribution in [-0.4, -0.2) is 13.1 Å². The molecule has 2 aliphatic carbocycles. The molecule has 0 aliphatic heterocycles. The molecule has 0 saturated heterocycles. The summed E-state index contributed by atoms with van der Waals surface area (Å²) in [5.41, 5.74) is 0.311. The van der Waals surface area contributed by atoms with Crippen molar-refractivity contribution < 1.29 is 9.53 Å². The summed E-state index contributed by atoms with van der Waals surface area (Å²) in [6, 6.07) is 0. The predicted molar refractivity (Wildman–Crippen MR) is 45.6 cm³/mol. The second-order valence-electron chi connectivity index (χ2n) is 4.36. The first-order valence-corrected chi connectivity index (χ1v) is 4.78. The maximum Gasteiger partial charge on any atom is 0.309 e. The van der Waals surface area contributed by atoms with Gasteiger partial charge in [0, 0.05) is 0 Å². The number of ether oxygens (including phenoxy) is 1. The molecule has 0 aromatic carbocycles. The van der Waals surface area contributed by atoms with Crippen molar-refractivity contribution in [2.45, 2.75) is 32.6 Å². The van der Waals surface area contributed by atoms with Crippen molar-refractivity contribution in [2.24, 2.45) is 17.3 Å². The Morgan fingerprint density at radius 3 is 2.75 bits per heavy atom. The van der Waals surface area contributed by atoms with Gasteiger partial charge in [-0.3, -0.25) is 4.79 Å². The second-order valence-corrected chi connectivity index (χ2v) is 4.36. The SMILES string of the molecule is COC(=O)[C@H]1[C@H]2CCCC[C@]21C. The molecule has 0 spiro atoms. The van der Waals surface area contributed by atoms with Gasteiger partial charge in [-0.2, -0.15) is 0 Å². The molecular weight excluding hydrogens is 152 g/mol. The van der Waals surface area contributed by atoms with Gasteiger partial charge in [-0.15, -0.1) is 0 Å². The molecule has 0 radical (unpaired) electrons. The number of carbonyl (C=O) groups excluding carboxylic acids is 1. The van der Waals surface area contributed by atoms with Gasteiger partial charge >= 0.3 is 5.97 Å². The molecule has 0 aromatic rings. The van der Waals surface area contributed by atoms with Crippen LogP contribution < -0.4 is 0 Å². The Kier molecular flexibility index (Phi) is 1.67. The largest absolute Gasteiger partial charge is 0.469 e. The van der Waals surface area contributed by atoms with Crippen LogP contribution in [0.5, 0.6) is 0 Å². The van der Waals surface area contributed by atoms with Crippen molar-refractivity contribution in [2.75, 3.05) is 7.11 Å². The summed E-state index contributed by atoms with van der Waals surface area (Å²) < 4.78 is 4.79. The normalized spacial score (nSPS) is 44.8. The van der Waals surface area contributed by atoms with E-state index in [1.54, 1.807) is 0 Å². The molecule has 0 unspecified atom stereocenters. The highest BCUT2D eigenvalue weighted by Gasteiger charge is 2.65. The Morgan fingerprint density at radius 2 is 2.25 bits per heavy atom. The summed E-state index contributed by atoms with van der Waals surface area (Å²) >= 11 is 0. The fourth-order valence-corrected chi connectivity index (χ4v) is 2.93.